The molecule has 0 aliphatic rings. The molecule has 0 spiro atoms. The number of nitrogens with zero attached hydrogens (tertiary/aromatic N) is 2. The summed E-state index contributed by atoms with van der Waals surface area (Å²) >= 11 is 0. The highest BCUT2D eigenvalue weighted by Crippen LogP contribution is 2.54. The van der Waals surface area contributed by atoms with Gasteiger partial charge in [0.15, 0.2) is 0 Å². The van der Waals surface area contributed by atoms with Crippen LogP contribution in [0, 0.1) is 11.8 Å². The van der Waals surface area contributed by atoms with E-state index in [0.717, 1.165) is 16.0 Å². The van der Waals surface area contributed by atoms with Gasteiger partial charge in [-0.05, 0) is 11.1 Å². The number of rotatable bonds is 17. The van der Waals surface area contributed by atoms with E-state index in [2.05, 4.69) is 9.50 Å². The van der Waals surface area contributed by atoms with Gasteiger partial charge in [0, 0.05) is 31.7 Å². The van der Waals surface area contributed by atoms with Crippen LogP contribution in [-0.2, 0) is 54.9 Å². The number of benzene rings is 2. The topological polar surface area (TPSA) is 175 Å². The van der Waals surface area contributed by atoms with E-state index >= 15 is 0 Å². The summed E-state index contributed by atoms with van der Waals surface area (Å²) in [6.07, 6.45) is -4.29. The first-order valence-electron chi connectivity index (χ1n) is 14.7. The van der Waals surface area contributed by atoms with Gasteiger partial charge in [0.1, 0.15) is 6.54 Å². The summed E-state index contributed by atoms with van der Waals surface area (Å²) in [5.41, 5.74) is 7.92. The molecule has 2 atom stereocenters. The summed E-state index contributed by atoms with van der Waals surface area (Å²) in [4.78, 5) is 38.0. The quantitative estimate of drug-likeness (QED) is 0.0576. The predicted molar refractivity (Wildman–Crippen MR) is 168 cm³/mol. The molecule has 0 aliphatic carbocycles. The van der Waals surface area contributed by atoms with Gasteiger partial charge < -0.3 is 34.3 Å². The number of ether oxygens (including phenoxy) is 5. The van der Waals surface area contributed by atoms with Crippen molar-refractivity contribution in [1.29, 1.82) is 0 Å². The first-order chi connectivity index (χ1) is 21.8. The van der Waals surface area contributed by atoms with E-state index in [4.69, 9.17) is 33.7 Å². The second-order valence-electron chi connectivity index (χ2n) is 10.7. The summed E-state index contributed by atoms with van der Waals surface area (Å²) in [6, 6.07) is 18.7. The number of methoxy groups -OCH3 is 1. The first kappa shape index (κ1) is 38.1. The molecular weight excluding hydrogens is 621 g/mol. The van der Waals surface area contributed by atoms with Crippen molar-refractivity contribution in [3.8, 4) is 0 Å². The Hall–Kier alpha value is -4.13. The number of likely N-dealkylation sites (N-methyl/N-ethyl adjacent to an activating group) is 1. The maximum atomic E-state index is 14.2. The molecule has 15 heteroatoms. The summed E-state index contributed by atoms with van der Waals surface area (Å²) in [5.74, 6) is -2.25. The van der Waals surface area contributed by atoms with Gasteiger partial charge in [-0.15, -0.1) is 4.76 Å². The van der Waals surface area contributed by atoms with Crippen molar-refractivity contribution in [2.45, 2.75) is 53.1 Å². The van der Waals surface area contributed by atoms with Gasteiger partial charge in [-0.1, -0.05) is 88.4 Å². The second kappa shape index (κ2) is 19.4. The van der Waals surface area contributed by atoms with Gasteiger partial charge in [-0.3, -0.25) is 4.79 Å². The van der Waals surface area contributed by atoms with Crippen molar-refractivity contribution in [2.24, 2.45) is 22.3 Å². The molecule has 2 unspecified atom stereocenters. The third-order valence-electron chi connectivity index (χ3n) is 6.10. The number of carbonyl (C=O) groups excluding carboxylic acids is 3. The van der Waals surface area contributed by atoms with Gasteiger partial charge in [-0.25, -0.2) is 23.2 Å². The van der Waals surface area contributed by atoms with Gasteiger partial charge in [0.2, 0.25) is 18.5 Å². The minimum atomic E-state index is -4.76. The zero-order valence-corrected chi connectivity index (χ0v) is 27.9. The molecule has 0 fully saturated rings. The normalized spacial score (nSPS) is 14.1. The first-order valence-corrected chi connectivity index (χ1v) is 16.2. The van der Waals surface area contributed by atoms with Crippen molar-refractivity contribution in [2.75, 3.05) is 33.9 Å². The summed E-state index contributed by atoms with van der Waals surface area (Å²) in [6.45, 7) is 6.20. The minimum Gasteiger partial charge on any atom is -0.468 e. The third-order valence-corrected chi connectivity index (χ3v) is 7.50. The van der Waals surface area contributed by atoms with Gasteiger partial charge >= 0.3 is 26.0 Å². The second-order valence-corrected chi connectivity index (χ2v) is 12.3. The molecule has 14 nitrogen and oxygen atoms in total. The van der Waals surface area contributed by atoms with E-state index in [0.29, 0.717) is 12.8 Å². The lowest BCUT2D eigenvalue weighted by molar-refractivity contribution is -0.140. The zero-order chi connectivity index (χ0) is 34.1. The van der Waals surface area contributed by atoms with Gasteiger partial charge in [-0.2, -0.15) is 0 Å². The molecule has 0 aromatic heterocycles. The Morgan fingerprint density at radius 3 is 1.57 bits per heavy atom. The number of carbonyl (C=O) groups is 3. The van der Waals surface area contributed by atoms with Crippen LogP contribution in [-0.4, -0.2) is 75.6 Å². The molecular formula is C31H44N3O11P. The maximum Gasteiger partial charge on any atom is 0.510 e. The van der Waals surface area contributed by atoms with Crippen molar-refractivity contribution >= 4 is 32.0 Å². The minimum absolute atomic E-state index is 0.0148. The van der Waals surface area contributed by atoms with Crippen LogP contribution >= 0.6 is 7.75 Å². The van der Waals surface area contributed by atoms with Crippen molar-refractivity contribution in [3.63, 3.8) is 0 Å². The van der Waals surface area contributed by atoms with Crippen molar-refractivity contribution < 1.29 is 51.7 Å². The fraction of sp³-hybridized carbons (Fsp3) is 0.484. The predicted octanol–water partition coefficient (Wildman–Crippen LogP) is 5.30. The molecule has 254 valence electrons. The summed E-state index contributed by atoms with van der Waals surface area (Å²) in [7, 11) is -2.18. The molecule has 46 heavy (non-hydrogen) atoms. The van der Waals surface area contributed by atoms with Crippen molar-refractivity contribution in [1.82, 2.24) is 4.90 Å². The smallest absolute Gasteiger partial charge is 0.468 e. The van der Waals surface area contributed by atoms with E-state index in [1.54, 1.807) is 27.7 Å². The van der Waals surface area contributed by atoms with Crippen LogP contribution in [0.25, 0.3) is 0 Å². The highest BCUT2D eigenvalue weighted by Gasteiger charge is 2.39. The van der Waals surface area contributed by atoms with Crippen LogP contribution in [0.15, 0.2) is 65.4 Å². The zero-order valence-electron chi connectivity index (χ0n) is 27.0. The number of esters is 1. The number of nitrogens with two attached hydrogens (primary N) is 1. The lowest BCUT2D eigenvalue weighted by Gasteiger charge is -2.28. The molecule has 0 bridgehead atoms. The molecule has 2 aromatic carbocycles. The monoisotopic (exact) mass is 665 g/mol. The Kier molecular flexibility index (Phi) is 16.0. The molecule has 0 saturated heterocycles. The van der Waals surface area contributed by atoms with E-state index in [-0.39, 0.29) is 19.8 Å². The van der Waals surface area contributed by atoms with Crippen LogP contribution < -0.4 is 5.73 Å². The average molecular weight is 666 g/mol. The van der Waals surface area contributed by atoms with Crippen LogP contribution in [0.5, 0.6) is 0 Å². The van der Waals surface area contributed by atoms with Crippen molar-refractivity contribution in [3.05, 3.63) is 71.8 Å². The Bertz CT molecular complexity index is 1230. The molecule has 2 N–H and O–H groups in total. The Labute approximate surface area is 269 Å². The number of hydrogen-bond donors (Lipinski definition) is 1. The molecule has 0 amide bonds. The largest absolute Gasteiger partial charge is 0.510 e. The highest BCUT2D eigenvalue weighted by molar-refractivity contribution is 7.52. The maximum absolute atomic E-state index is 14.2. The Morgan fingerprint density at radius 2 is 1.20 bits per heavy atom. The highest BCUT2D eigenvalue weighted by atomic mass is 31.2. The standard InChI is InChI=1S/C31H44N3O11P/c1-22(2)27(42-30(36)40-19-17-24-13-9-7-10-14-24)44-46(38,33-29(32)34(5)21-26(35)39-6)45-28(23(3)4)43-31(37)41-20-18-25-15-11-8-12-16-25/h7-16,22-23,27-28H,17-21H2,1-6H3,(H2,32,33,38). The van der Waals surface area contributed by atoms with E-state index in [9.17, 15) is 18.9 Å². The molecule has 0 saturated carbocycles. The Balaban J connectivity index is 2.20. The van der Waals surface area contributed by atoms with E-state index in [1.165, 1.54) is 14.2 Å². The van der Waals surface area contributed by atoms with Crippen LogP contribution in [0.2, 0.25) is 0 Å². The lowest BCUT2D eigenvalue weighted by Crippen LogP contribution is -2.38. The van der Waals surface area contributed by atoms with Crippen LogP contribution in [0.3, 0.4) is 0 Å². The fourth-order valence-corrected chi connectivity index (χ4v) is 5.13. The molecule has 0 aliphatic heterocycles. The van der Waals surface area contributed by atoms with E-state index in [1.807, 2.05) is 60.7 Å². The Morgan fingerprint density at radius 1 is 0.783 bits per heavy atom. The molecule has 0 radical (unpaired) electrons. The summed E-state index contributed by atoms with van der Waals surface area (Å²) in [5, 5.41) is 0. The number of hydrogen-bond acceptors (Lipinski definition) is 11. The molecule has 2 rings (SSSR count). The fourth-order valence-electron chi connectivity index (χ4n) is 3.49. The lowest BCUT2D eigenvalue weighted by atomic mass is 10.2. The number of guanidine groups is 1. The SMILES string of the molecule is COC(=O)CN(C)/C(N)=N/P(=O)(OC(OC(=O)OCCc1ccccc1)C(C)C)OC(OC(=O)OCCc1ccccc1)C(C)C. The summed E-state index contributed by atoms with van der Waals surface area (Å²) < 4.78 is 55.0. The third kappa shape index (κ3) is 14.3. The molecule has 2 aromatic rings. The van der Waals surface area contributed by atoms with E-state index < -0.39 is 56.4 Å². The molecule has 0 heterocycles. The van der Waals surface area contributed by atoms with Crippen LogP contribution in [0.4, 0.5) is 9.59 Å². The van der Waals surface area contributed by atoms with Crippen LogP contribution in [0.1, 0.15) is 38.8 Å². The van der Waals surface area contributed by atoms with Gasteiger partial charge in [0.25, 0.3) is 0 Å². The average Bonchev–Trinajstić information content (AvgIpc) is 3.01. The van der Waals surface area contributed by atoms with Gasteiger partial charge in [0.05, 0.1) is 20.3 Å².